The zero-order valence-electron chi connectivity index (χ0n) is 22.6. The van der Waals surface area contributed by atoms with Crippen LogP contribution in [0.4, 0.5) is 10.6 Å². The van der Waals surface area contributed by atoms with Crippen LogP contribution in [0.15, 0.2) is 48.5 Å². The second-order valence-electron chi connectivity index (χ2n) is 9.54. The van der Waals surface area contributed by atoms with E-state index < -0.39 is 0 Å². The van der Waals surface area contributed by atoms with Crippen molar-refractivity contribution < 1.29 is 9.90 Å². The lowest BCUT2D eigenvalue weighted by atomic mass is 10.0. The molecule has 37 heavy (non-hydrogen) atoms. The largest absolute Gasteiger partial charge is 0.400 e. The van der Waals surface area contributed by atoms with E-state index in [1.165, 1.54) is 0 Å². The maximum atomic E-state index is 12.0. The molecule has 2 heterocycles. The fourth-order valence-corrected chi connectivity index (χ4v) is 4.58. The number of hydrogen-bond acceptors (Lipinski definition) is 5. The van der Waals surface area contributed by atoms with Crippen molar-refractivity contribution in [1.82, 2.24) is 25.2 Å². The predicted molar refractivity (Wildman–Crippen MR) is 153 cm³/mol. The molecule has 2 aromatic heterocycles. The molecule has 5 N–H and O–H groups in total. The van der Waals surface area contributed by atoms with E-state index in [1.54, 1.807) is 0 Å². The molecule has 8 heteroatoms. The Balaban J connectivity index is 0.00000186. The van der Waals surface area contributed by atoms with Gasteiger partial charge >= 0.3 is 6.03 Å². The van der Waals surface area contributed by atoms with Gasteiger partial charge in [0.15, 0.2) is 5.82 Å². The number of anilines is 1. The van der Waals surface area contributed by atoms with Gasteiger partial charge in [0.25, 0.3) is 0 Å². The lowest BCUT2D eigenvalue weighted by Gasteiger charge is -2.17. The van der Waals surface area contributed by atoms with E-state index >= 15 is 0 Å². The Morgan fingerprint density at radius 2 is 1.76 bits per heavy atom. The van der Waals surface area contributed by atoms with Gasteiger partial charge in [-0.2, -0.15) is 0 Å². The molecule has 0 aliphatic carbocycles. The Bertz CT molecular complexity index is 1320. The molecule has 1 atom stereocenters. The number of nitrogens with two attached hydrogens (primary N) is 1. The van der Waals surface area contributed by atoms with Crippen LogP contribution in [0.1, 0.15) is 52.8 Å². The predicted octanol–water partition coefficient (Wildman–Crippen LogP) is 5.27. The lowest BCUT2D eigenvalue weighted by molar-refractivity contribution is 0.234. The summed E-state index contributed by atoms with van der Waals surface area (Å²) in [6, 6.07) is 16.8. The summed E-state index contributed by atoms with van der Waals surface area (Å²) >= 11 is 0. The van der Waals surface area contributed by atoms with Crippen LogP contribution in [-0.2, 0) is 13.0 Å². The molecule has 0 aliphatic heterocycles. The Morgan fingerprint density at radius 3 is 2.43 bits per heavy atom. The number of carbonyl (C=O) groups excluding carboxylic acids is 1. The Morgan fingerprint density at radius 1 is 1.03 bits per heavy atom. The van der Waals surface area contributed by atoms with E-state index in [0.717, 1.165) is 78.2 Å². The summed E-state index contributed by atoms with van der Waals surface area (Å²) < 4.78 is 2.31. The number of nitrogens with one attached hydrogen (secondary N) is 2. The molecule has 1 unspecified atom stereocenters. The number of nitrogen functional groups attached to an aromatic ring is 1. The highest BCUT2D eigenvalue weighted by Crippen LogP contribution is 2.32. The summed E-state index contributed by atoms with van der Waals surface area (Å²) in [7, 11) is 1.00. The number of hydrogen-bond donors (Lipinski definition) is 4. The number of aryl methyl sites for hydroxylation is 2. The minimum absolute atomic E-state index is 0.0788. The van der Waals surface area contributed by atoms with E-state index in [1.807, 2.05) is 39.0 Å². The van der Waals surface area contributed by atoms with Crippen molar-refractivity contribution in [2.45, 2.75) is 72.0 Å². The molecule has 2 aromatic carbocycles. The number of nitrogens with zero attached hydrogens (tertiary/aromatic N) is 3. The zero-order chi connectivity index (χ0) is 26.9. The number of imidazole rings is 1. The third-order valence-electron chi connectivity index (χ3n) is 6.18. The molecule has 198 valence electrons. The van der Waals surface area contributed by atoms with Crippen molar-refractivity contribution in [3.05, 3.63) is 54.4 Å². The van der Waals surface area contributed by atoms with Crippen molar-refractivity contribution in [3.8, 4) is 11.1 Å². The minimum Gasteiger partial charge on any atom is -0.400 e. The first-order valence-electron chi connectivity index (χ1n) is 13.0. The highest BCUT2D eigenvalue weighted by Gasteiger charge is 2.18. The third kappa shape index (κ3) is 6.77. The van der Waals surface area contributed by atoms with Crippen molar-refractivity contribution in [2.75, 3.05) is 12.8 Å². The van der Waals surface area contributed by atoms with Gasteiger partial charge in [-0.15, -0.1) is 0 Å². The second-order valence-corrected chi connectivity index (χ2v) is 9.54. The first-order valence-corrected chi connectivity index (χ1v) is 13.0. The highest BCUT2D eigenvalue weighted by molar-refractivity contribution is 6.07. The molecule has 4 rings (SSSR count). The molecular formula is C29H40N6O2. The SMILES string of the molecule is CCCc1nc2c(N)nc3cc(-c4ccccc4)ccc3c2n1CCCC(C)NC(=O)NC(C)C.CO. The number of fused-ring (bicyclic) bond motifs is 3. The van der Waals surface area contributed by atoms with Crippen LogP contribution in [0.3, 0.4) is 0 Å². The molecule has 0 aliphatic rings. The van der Waals surface area contributed by atoms with Gasteiger partial charge in [0.2, 0.25) is 0 Å². The summed E-state index contributed by atoms with van der Waals surface area (Å²) in [4.78, 5) is 21.6. The number of aliphatic hydroxyl groups is 1. The summed E-state index contributed by atoms with van der Waals surface area (Å²) in [6.45, 7) is 8.92. The smallest absolute Gasteiger partial charge is 0.315 e. The zero-order valence-corrected chi connectivity index (χ0v) is 22.6. The van der Waals surface area contributed by atoms with Crippen LogP contribution in [0.5, 0.6) is 0 Å². The van der Waals surface area contributed by atoms with Crippen LogP contribution in [0.25, 0.3) is 33.1 Å². The van der Waals surface area contributed by atoms with E-state index in [0.29, 0.717) is 5.82 Å². The number of urea groups is 1. The molecule has 0 saturated heterocycles. The van der Waals surface area contributed by atoms with Crippen LogP contribution >= 0.6 is 0 Å². The van der Waals surface area contributed by atoms with Crippen LogP contribution < -0.4 is 16.4 Å². The van der Waals surface area contributed by atoms with Gasteiger partial charge in [0, 0.05) is 37.5 Å². The maximum absolute atomic E-state index is 12.0. The van der Waals surface area contributed by atoms with Crippen LogP contribution in [-0.4, -0.2) is 44.9 Å². The number of pyridine rings is 1. The minimum atomic E-state index is -0.119. The fourth-order valence-electron chi connectivity index (χ4n) is 4.58. The molecule has 2 amide bonds. The Kier molecular flexibility index (Phi) is 9.85. The van der Waals surface area contributed by atoms with Gasteiger partial charge < -0.3 is 26.0 Å². The van der Waals surface area contributed by atoms with E-state index in [9.17, 15) is 4.79 Å². The van der Waals surface area contributed by atoms with E-state index in [4.69, 9.17) is 20.8 Å². The summed E-state index contributed by atoms with van der Waals surface area (Å²) in [5, 5.41) is 14.0. The lowest BCUT2D eigenvalue weighted by Crippen LogP contribution is -2.43. The first kappa shape index (κ1) is 27.9. The molecule has 0 saturated carbocycles. The van der Waals surface area contributed by atoms with Gasteiger partial charge in [-0.3, -0.25) is 0 Å². The Hall–Kier alpha value is -3.65. The second kappa shape index (κ2) is 13.1. The van der Waals surface area contributed by atoms with E-state index in [2.05, 4.69) is 52.5 Å². The van der Waals surface area contributed by atoms with Crippen molar-refractivity contribution in [2.24, 2.45) is 0 Å². The van der Waals surface area contributed by atoms with Gasteiger partial charge in [0.1, 0.15) is 11.3 Å². The van der Waals surface area contributed by atoms with Crippen LogP contribution in [0.2, 0.25) is 0 Å². The van der Waals surface area contributed by atoms with Crippen LogP contribution in [0, 0.1) is 0 Å². The average Bonchev–Trinajstić information content (AvgIpc) is 3.24. The van der Waals surface area contributed by atoms with Crippen molar-refractivity contribution in [3.63, 3.8) is 0 Å². The average molecular weight is 505 g/mol. The molecule has 0 radical (unpaired) electrons. The number of carbonyl (C=O) groups is 1. The van der Waals surface area contributed by atoms with Crippen molar-refractivity contribution >= 4 is 33.8 Å². The van der Waals surface area contributed by atoms with Gasteiger partial charge in [-0.1, -0.05) is 49.4 Å². The maximum Gasteiger partial charge on any atom is 0.315 e. The standard InChI is InChI=1S/C28H36N6O.CH4O/c1-5-10-24-33-25-26(34(24)16-9-11-19(4)31-28(35)30-18(2)3)22-15-14-21(17-23(22)32-27(25)29)20-12-7-6-8-13-20;1-2/h6-8,12-15,17-19H,5,9-11,16H2,1-4H3,(H2,29,32)(H2,30,31,35);2H,1H3. The normalized spacial score (nSPS) is 11.9. The summed E-state index contributed by atoms with van der Waals surface area (Å²) in [5.74, 6) is 1.50. The molecule has 0 bridgehead atoms. The first-order chi connectivity index (χ1) is 17.9. The van der Waals surface area contributed by atoms with Gasteiger partial charge in [-0.25, -0.2) is 14.8 Å². The quantitative estimate of drug-likeness (QED) is 0.248. The molecule has 4 aromatic rings. The van der Waals surface area contributed by atoms with Gasteiger partial charge in [-0.05, 0) is 57.2 Å². The molecule has 0 spiro atoms. The monoisotopic (exact) mass is 504 g/mol. The van der Waals surface area contributed by atoms with Crippen molar-refractivity contribution in [1.29, 1.82) is 0 Å². The summed E-state index contributed by atoms with van der Waals surface area (Å²) in [6.07, 6.45) is 3.66. The summed E-state index contributed by atoms with van der Waals surface area (Å²) in [5.41, 5.74) is 11.4. The topological polar surface area (TPSA) is 118 Å². The third-order valence-corrected chi connectivity index (χ3v) is 6.18. The number of amides is 2. The number of aliphatic hydroxyl groups excluding tert-OH is 1. The van der Waals surface area contributed by atoms with Gasteiger partial charge in [0.05, 0.1) is 11.0 Å². The Labute approximate surface area is 219 Å². The highest BCUT2D eigenvalue weighted by atomic mass is 16.2. The number of aromatic nitrogens is 3. The molecular weight excluding hydrogens is 464 g/mol. The number of benzene rings is 2. The fraction of sp³-hybridized carbons (Fsp3) is 0.414. The molecule has 0 fully saturated rings. The van der Waals surface area contributed by atoms with E-state index in [-0.39, 0.29) is 18.1 Å². The molecule has 8 nitrogen and oxygen atoms in total. The number of rotatable bonds is 9.